The maximum Gasteiger partial charge on any atom is 0.264 e. The maximum absolute atomic E-state index is 14.6. The van der Waals surface area contributed by atoms with E-state index in [1.54, 1.807) is 25.1 Å². The minimum atomic E-state index is -0.776. The summed E-state index contributed by atoms with van der Waals surface area (Å²) >= 11 is 0. The van der Waals surface area contributed by atoms with Gasteiger partial charge in [-0.15, -0.1) is 0 Å². The molecular weight excluding hydrogens is 585 g/mol. The molecule has 4 aromatic rings. The van der Waals surface area contributed by atoms with E-state index >= 15 is 0 Å². The second-order valence-electron chi connectivity index (χ2n) is 12.6. The van der Waals surface area contributed by atoms with Gasteiger partial charge in [-0.1, -0.05) is 30.3 Å². The van der Waals surface area contributed by atoms with Crippen LogP contribution in [0.3, 0.4) is 0 Å². The van der Waals surface area contributed by atoms with E-state index in [2.05, 4.69) is 49.7 Å². The lowest BCUT2D eigenvalue weighted by Crippen LogP contribution is -2.45. The number of aryl methyl sites for hydroxylation is 1. The van der Waals surface area contributed by atoms with Gasteiger partial charge in [0.05, 0.1) is 28.2 Å². The number of hydrogen-bond acceptors (Lipinski definition) is 8. The Morgan fingerprint density at radius 2 is 1.74 bits per heavy atom. The molecule has 0 bridgehead atoms. The first kappa shape index (κ1) is 29.6. The van der Waals surface area contributed by atoms with Crippen LogP contribution in [0.25, 0.3) is 10.9 Å². The molecule has 0 aliphatic carbocycles. The fourth-order valence-corrected chi connectivity index (χ4v) is 7.26. The molecular formula is C35H34FN7O3. The lowest BCUT2D eigenvalue weighted by molar-refractivity contribution is -0.135. The van der Waals surface area contributed by atoms with Crippen molar-refractivity contribution in [2.45, 2.75) is 38.9 Å². The molecule has 1 aromatic heterocycles. The number of amides is 2. The fourth-order valence-electron chi connectivity index (χ4n) is 7.26. The molecule has 2 amide bonds. The van der Waals surface area contributed by atoms with E-state index in [9.17, 15) is 18.8 Å². The molecule has 0 saturated carbocycles. The summed E-state index contributed by atoms with van der Waals surface area (Å²) in [7, 11) is 0. The van der Waals surface area contributed by atoms with E-state index in [0.29, 0.717) is 52.0 Å². The predicted octanol–water partition coefficient (Wildman–Crippen LogP) is 3.87. The molecule has 3 saturated heterocycles. The third-order valence-electron chi connectivity index (χ3n) is 9.52. The van der Waals surface area contributed by atoms with Crippen LogP contribution in [0.5, 0.6) is 0 Å². The van der Waals surface area contributed by atoms with Crippen LogP contribution in [0, 0.1) is 35.9 Å². The highest BCUT2D eigenvalue weighted by atomic mass is 19.1. The number of halogens is 1. The molecule has 10 nitrogen and oxygen atoms in total. The minimum absolute atomic E-state index is 0.175. The van der Waals surface area contributed by atoms with Gasteiger partial charge in [0.25, 0.3) is 5.56 Å². The molecule has 3 unspecified atom stereocenters. The molecule has 3 aliphatic rings. The lowest BCUT2D eigenvalue weighted by atomic mass is 10.0. The number of hydrogen-bond donors (Lipinski definition) is 2. The molecule has 46 heavy (non-hydrogen) atoms. The normalized spacial score (nSPS) is 21.3. The first-order chi connectivity index (χ1) is 22.3. The standard InChI is InChI=1S/C35H34FN7O3/c1-21-39-29-4-2-3-28(33(29)35(46)43(21)31-11-12-32(44)40-34(31)45)38-15-22-5-7-23(8-6-22)16-41-17-25-19-42(20-26(25)18-41)30-10-9-24(14-37)13-27(30)36/h2-10,13,25-26,31,38H,11-12,15-20H2,1H3,(H,40,44,45). The number of benzene rings is 3. The number of rotatable bonds is 7. The molecule has 0 spiro atoms. The zero-order valence-corrected chi connectivity index (χ0v) is 25.5. The third-order valence-corrected chi connectivity index (χ3v) is 9.52. The number of anilines is 2. The zero-order valence-electron chi connectivity index (χ0n) is 25.5. The average molecular weight is 620 g/mol. The van der Waals surface area contributed by atoms with Crippen LogP contribution in [0.1, 0.15) is 41.4 Å². The van der Waals surface area contributed by atoms with Gasteiger partial charge in [-0.2, -0.15) is 5.26 Å². The number of nitrogens with zero attached hydrogens (tertiary/aromatic N) is 5. The van der Waals surface area contributed by atoms with Crippen LogP contribution >= 0.6 is 0 Å². The van der Waals surface area contributed by atoms with Crippen molar-refractivity contribution in [1.29, 1.82) is 5.26 Å². The van der Waals surface area contributed by atoms with Crippen molar-refractivity contribution in [2.75, 3.05) is 36.4 Å². The van der Waals surface area contributed by atoms with Gasteiger partial charge in [0.15, 0.2) is 0 Å². The Balaban J connectivity index is 0.984. The summed E-state index contributed by atoms with van der Waals surface area (Å²) < 4.78 is 16.0. The number of nitriles is 1. The van der Waals surface area contributed by atoms with Crippen LogP contribution in [0.2, 0.25) is 0 Å². The average Bonchev–Trinajstić information content (AvgIpc) is 3.60. The third kappa shape index (κ3) is 5.61. The lowest BCUT2D eigenvalue weighted by Gasteiger charge is -2.24. The molecule has 3 atom stereocenters. The molecule has 7 rings (SSSR count). The zero-order chi connectivity index (χ0) is 31.9. The van der Waals surface area contributed by atoms with E-state index in [4.69, 9.17) is 5.26 Å². The Hall–Kier alpha value is -5.08. The van der Waals surface area contributed by atoms with Gasteiger partial charge in [0, 0.05) is 51.4 Å². The van der Waals surface area contributed by atoms with E-state index in [0.717, 1.165) is 38.3 Å². The van der Waals surface area contributed by atoms with Crippen molar-refractivity contribution < 1.29 is 14.0 Å². The highest BCUT2D eigenvalue weighted by Gasteiger charge is 2.40. The van der Waals surface area contributed by atoms with Gasteiger partial charge in [-0.05, 0) is 66.6 Å². The highest BCUT2D eigenvalue weighted by Crippen LogP contribution is 2.36. The number of fused-ring (bicyclic) bond motifs is 2. The molecule has 3 fully saturated rings. The second kappa shape index (κ2) is 12.0. The number of piperidine rings is 1. The van der Waals surface area contributed by atoms with Crippen LogP contribution in [0.15, 0.2) is 65.5 Å². The monoisotopic (exact) mass is 619 g/mol. The van der Waals surface area contributed by atoms with Crippen molar-refractivity contribution in [3.8, 4) is 6.07 Å². The smallest absolute Gasteiger partial charge is 0.264 e. The van der Waals surface area contributed by atoms with Crippen LogP contribution in [-0.2, 0) is 22.7 Å². The van der Waals surface area contributed by atoms with Gasteiger partial charge in [0.1, 0.15) is 17.7 Å². The van der Waals surface area contributed by atoms with Crippen LogP contribution < -0.4 is 21.1 Å². The summed E-state index contributed by atoms with van der Waals surface area (Å²) in [6.45, 7) is 6.61. The first-order valence-electron chi connectivity index (χ1n) is 15.6. The molecule has 3 aliphatic heterocycles. The Kier molecular flexibility index (Phi) is 7.74. The first-order valence-corrected chi connectivity index (χ1v) is 15.6. The van der Waals surface area contributed by atoms with Gasteiger partial charge in [-0.3, -0.25) is 29.2 Å². The van der Waals surface area contributed by atoms with Crippen molar-refractivity contribution >= 4 is 34.1 Å². The molecule has 234 valence electrons. The quantitative estimate of drug-likeness (QED) is 0.299. The largest absolute Gasteiger partial charge is 0.380 e. The maximum atomic E-state index is 14.6. The Morgan fingerprint density at radius 1 is 1.00 bits per heavy atom. The number of carbonyl (C=O) groups is 2. The summed E-state index contributed by atoms with van der Waals surface area (Å²) in [5, 5.41) is 15.2. The summed E-state index contributed by atoms with van der Waals surface area (Å²) in [4.78, 5) is 47.1. The SMILES string of the molecule is Cc1nc2cccc(NCc3ccc(CN4CC5CN(c6ccc(C#N)cc6F)CC5C4)cc3)c2c(=O)n1C1CCC(=O)NC1=O. The Bertz CT molecular complexity index is 1940. The van der Waals surface area contributed by atoms with Crippen molar-refractivity contribution in [2.24, 2.45) is 11.8 Å². The number of aromatic nitrogens is 2. The Morgan fingerprint density at radius 3 is 2.43 bits per heavy atom. The van der Waals surface area contributed by atoms with E-state index < -0.39 is 11.9 Å². The molecule has 11 heteroatoms. The van der Waals surface area contributed by atoms with Gasteiger partial charge in [0.2, 0.25) is 11.8 Å². The van der Waals surface area contributed by atoms with Gasteiger partial charge >= 0.3 is 0 Å². The Labute approximate surface area is 265 Å². The summed E-state index contributed by atoms with van der Waals surface area (Å²) in [6.07, 6.45) is 0.436. The highest BCUT2D eigenvalue weighted by molar-refractivity contribution is 5.99. The summed E-state index contributed by atoms with van der Waals surface area (Å²) in [5.41, 5.74) is 4.08. The molecule has 4 heterocycles. The molecule has 3 aromatic carbocycles. The van der Waals surface area contributed by atoms with Gasteiger partial charge < -0.3 is 10.2 Å². The fraction of sp³-hybridized carbons (Fsp3) is 0.343. The number of likely N-dealkylation sites (tertiary alicyclic amines) is 1. The summed E-state index contributed by atoms with van der Waals surface area (Å²) in [5.74, 6) is 0.253. The number of imide groups is 1. The summed E-state index contributed by atoms with van der Waals surface area (Å²) in [6, 6.07) is 19.8. The number of carbonyl (C=O) groups excluding carboxylic acids is 2. The topological polar surface area (TPSA) is 123 Å². The van der Waals surface area contributed by atoms with E-state index in [1.807, 2.05) is 18.2 Å². The van der Waals surface area contributed by atoms with E-state index in [-0.39, 0.29) is 30.1 Å². The van der Waals surface area contributed by atoms with Crippen LogP contribution in [0.4, 0.5) is 15.8 Å². The van der Waals surface area contributed by atoms with Crippen molar-refractivity contribution in [3.63, 3.8) is 0 Å². The van der Waals surface area contributed by atoms with Gasteiger partial charge in [-0.25, -0.2) is 9.37 Å². The van der Waals surface area contributed by atoms with E-state index in [1.165, 1.54) is 16.2 Å². The van der Waals surface area contributed by atoms with Crippen molar-refractivity contribution in [1.82, 2.24) is 19.8 Å². The minimum Gasteiger partial charge on any atom is -0.380 e. The molecule has 2 N–H and O–H groups in total. The second-order valence-corrected chi connectivity index (χ2v) is 12.6. The van der Waals surface area contributed by atoms with Crippen molar-refractivity contribution in [3.05, 3.63) is 99.3 Å². The molecule has 0 radical (unpaired) electrons. The number of nitrogens with one attached hydrogen (secondary N) is 2. The van der Waals surface area contributed by atoms with Crippen LogP contribution in [-0.4, -0.2) is 52.4 Å². The predicted molar refractivity (Wildman–Crippen MR) is 172 cm³/mol.